The van der Waals surface area contributed by atoms with Crippen LogP contribution < -0.4 is 0 Å². The van der Waals surface area contributed by atoms with Gasteiger partial charge in [0, 0.05) is 6.08 Å². The molecular weight excluding hydrogens is 175 g/mol. The van der Waals surface area contributed by atoms with Crippen molar-refractivity contribution in [1.29, 1.82) is 0 Å². The Balaban J connectivity index is 2.50. The Labute approximate surface area is 81.7 Å². The smallest absolute Gasteiger partial charge is 0.117 e. The Morgan fingerprint density at radius 1 is 1.00 bits per heavy atom. The van der Waals surface area contributed by atoms with Crippen LogP contribution >= 0.6 is 0 Å². The number of hydrogen-bond donors (Lipinski definition) is 0. The first-order valence-corrected chi connectivity index (χ1v) is 4.50. The van der Waals surface area contributed by atoms with Gasteiger partial charge in [-0.2, -0.15) is 0 Å². The van der Waals surface area contributed by atoms with E-state index in [0.29, 0.717) is 0 Å². The van der Waals surface area contributed by atoms with Crippen LogP contribution in [0.15, 0.2) is 42.2 Å². The Morgan fingerprint density at radius 2 is 1.79 bits per heavy atom. The molecule has 1 heteroatoms. The van der Waals surface area contributed by atoms with Crippen LogP contribution in [0.2, 0.25) is 0 Å². The van der Waals surface area contributed by atoms with E-state index < -0.39 is 0 Å². The molecule has 0 N–H and O–H groups in total. The van der Waals surface area contributed by atoms with Crippen LogP contribution in [-0.4, -0.2) is 0 Å². The third-order valence-electron chi connectivity index (χ3n) is 2.47. The lowest BCUT2D eigenvalue weighted by atomic mass is 9.93. The highest BCUT2D eigenvalue weighted by Crippen LogP contribution is 2.31. The molecule has 2 aromatic carbocycles. The van der Waals surface area contributed by atoms with E-state index in [2.05, 4.69) is 6.08 Å². The first-order chi connectivity index (χ1) is 6.84. The van der Waals surface area contributed by atoms with Crippen LogP contribution in [-0.2, 0) is 0 Å². The molecule has 1 aliphatic carbocycles. The van der Waals surface area contributed by atoms with Crippen molar-refractivity contribution >= 4 is 10.8 Å². The summed E-state index contributed by atoms with van der Waals surface area (Å²) in [5.74, 6) is -0.295. The largest absolute Gasteiger partial charge is 0.210 e. The lowest BCUT2D eigenvalue weighted by Gasteiger charge is -2.12. The minimum absolute atomic E-state index is 0.295. The number of halogens is 1. The van der Waals surface area contributed by atoms with Gasteiger partial charge in [0.25, 0.3) is 0 Å². The number of rotatable bonds is 0. The molecule has 2 radical (unpaired) electrons. The maximum absolute atomic E-state index is 13.1. The molecule has 0 saturated carbocycles. The van der Waals surface area contributed by atoms with Crippen molar-refractivity contribution in [2.75, 3.05) is 0 Å². The highest BCUT2D eigenvalue weighted by Gasteiger charge is 2.13. The van der Waals surface area contributed by atoms with E-state index in [9.17, 15) is 4.39 Å². The third kappa shape index (κ3) is 0.987. The first kappa shape index (κ1) is 7.74. The average Bonchev–Trinajstić information content (AvgIpc) is 2.18. The van der Waals surface area contributed by atoms with Crippen LogP contribution in [0.5, 0.6) is 0 Å². The molecule has 0 heterocycles. The lowest BCUT2D eigenvalue weighted by molar-refractivity contribution is 0.647. The standard InChI is InChI=1S/C13H7F/c14-12-7-10-5-1-3-9-4-2-6-11(8-12)13(9)10/h1-7H. The number of hydrogen-bond acceptors (Lipinski definition) is 0. The Bertz CT molecular complexity index is 533. The van der Waals surface area contributed by atoms with Gasteiger partial charge >= 0.3 is 0 Å². The van der Waals surface area contributed by atoms with Gasteiger partial charge in [0.1, 0.15) is 5.83 Å². The van der Waals surface area contributed by atoms with E-state index in [1.54, 1.807) is 0 Å². The van der Waals surface area contributed by atoms with Gasteiger partial charge in [-0.15, -0.1) is 0 Å². The van der Waals surface area contributed by atoms with Crippen LogP contribution in [0.1, 0.15) is 11.1 Å². The predicted octanol–water partition coefficient (Wildman–Crippen LogP) is 3.41. The number of benzene rings is 2. The van der Waals surface area contributed by atoms with Gasteiger partial charge in [-0.25, -0.2) is 4.39 Å². The molecule has 0 bridgehead atoms. The summed E-state index contributed by atoms with van der Waals surface area (Å²) < 4.78 is 13.1. The molecule has 3 rings (SSSR count). The van der Waals surface area contributed by atoms with Crippen molar-refractivity contribution in [3.63, 3.8) is 0 Å². The van der Waals surface area contributed by atoms with Crippen molar-refractivity contribution in [3.05, 3.63) is 65.8 Å². The van der Waals surface area contributed by atoms with E-state index in [1.807, 2.05) is 36.4 Å². The minimum atomic E-state index is -0.295. The van der Waals surface area contributed by atoms with E-state index in [-0.39, 0.29) is 5.83 Å². The quantitative estimate of drug-likeness (QED) is 0.585. The molecule has 14 heavy (non-hydrogen) atoms. The summed E-state index contributed by atoms with van der Waals surface area (Å²) in [6.07, 6.45) is 4.24. The topological polar surface area (TPSA) is 0 Å². The van der Waals surface area contributed by atoms with Gasteiger partial charge in [0.15, 0.2) is 0 Å². The van der Waals surface area contributed by atoms with Crippen molar-refractivity contribution in [2.24, 2.45) is 0 Å². The van der Waals surface area contributed by atoms with Gasteiger partial charge in [-0.3, -0.25) is 0 Å². The van der Waals surface area contributed by atoms with Crippen LogP contribution in [0, 0.1) is 12.5 Å². The fraction of sp³-hybridized carbons (Fsp3) is 0. The Morgan fingerprint density at radius 3 is 2.64 bits per heavy atom. The first-order valence-electron chi connectivity index (χ1n) is 4.50. The second kappa shape index (κ2) is 2.68. The molecule has 0 nitrogen and oxygen atoms in total. The van der Waals surface area contributed by atoms with Crippen molar-refractivity contribution in [1.82, 2.24) is 0 Å². The highest BCUT2D eigenvalue weighted by atomic mass is 19.1. The summed E-state index contributed by atoms with van der Waals surface area (Å²) in [5, 5.41) is 2.23. The monoisotopic (exact) mass is 182 g/mol. The van der Waals surface area contributed by atoms with Crippen molar-refractivity contribution < 1.29 is 4.39 Å². The second-order valence-electron chi connectivity index (χ2n) is 3.37. The maximum Gasteiger partial charge on any atom is 0.117 e. The van der Waals surface area contributed by atoms with Gasteiger partial charge in [-0.1, -0.05) is 36.4 Å². The van der Waals surface area contributed by atoms with E-state index in [1.165, 1.54) is 6.42 Å². The molecule has 0 fully saturated rings. The summed E-state index contributed by atoms with van der Waals surface area (Å²) in [7, 11) is 0. The van der Waals surface area contributed by atoms with Crippen LogP contribution in [0.3, 0.4) is 0 Å². The fourth-order valence-corrected chi connectivity index (χ4v) is 1.90. The zero-order valence-corrected chi connectivity index (χ0v) is 7.42. The van der Waals surface area contributed by atoms with Crippen LogP contribution in [0.25, 0.3) is 10.8 Å². The molecule has 1 aliphatic rings. The van der Waals surface area contributed by atoms with E-state index in [4.69, 9.17) is 0 Å². The number of allylic oxidation sites excluding steroid dienone is 1. The predicted molar refractivity (Wildman–Crippen MR) is 54.3 cm³/mol. The van der Waals surface area contributed by atoms with Gasteiger partial charge in [0.05, 0.1) is 6.42 Å². The average molecular weight is 182 g/mol. The molecule has 0 spiro atoms. The molecule has 0 aliphatic heterocycles. The summed E-state index contributed by atoms with van der Waals surface area (Å²) in [6, 6.07) is 11.7. The Kier molecular flexibility index (Phi) is 1.48. The summed E-state index contributed by atoms with van der Waals surface area (Å²) in [6.45, 7) is 0. The van der Waals surface area contributed by atoms with Gasteiger partial charge in [-0.05, 0) is 21.9 Å². The molecule has 0 amide bonds. The summed E-state index contributed by atoms with van der Waals surface area (Å²) in [5.41, 5.74) is 1.78. The molecule has 66 valence electrons. The van der Waals surface area contributed by atoms with Crippen LogP contribution in [0.4, 0.5) is 4.39 Å². The molecule has 0 atom stereocenters. The fourth-order valence-electron chi connectivity index (χ4n) is 1.90. The maximum atomic E-state index is 13.1. The minimum Gasteiger partial charge on any atom is -0.210 e. The zero-order chi connectivity index (χ0) is 9.54. The molecule has 0 unspecified atom stereocenters. The lowest BCUT2D eigenvalue weighted by Crippen LogP contribution is -1.94. The normalized spacial score (nSPS) is 14.2. The molecular formula is C13H7F. The Hall–Kier alpha value is -1.63. The molecule has 2 aromatic rings. The van der Waals surface area contributed by atoms with Gasteiger partial charge < -0.3 is 0 Å². The zero-order valence-electron chi connectivity index (χ0n) is 7.42. The van der Waals surface area contributed by atoms with E-state index >= 15 is 0 Å². The van der Waals surface area contributed by atoms with Crippen molar-refractivity contribution in [2.45, 2.75) is 0 Å². The molecule has 0 saturated heterocycles. The highest BCUT2D eigenvalue weighted by molar-refractivity contribution is 5.92. The summed E-state index contributed by atoms with van der Waals surface area (Å²) in [4.78, 5) is 0. The second-order valence-corrected chi connectivity index (χ2v) is 3.37. The SMILES string of the molecule is FC1=[C]c2cccc3cccc(c23)[CH]1. The van der Waals surface area contributed by atoms with Gasteiger partial charge in [0.2, 0.25) is 0 Å². The third-order valence-corrected chi connectivity index (χ3v) is 2.47. The summed E-state index contributed by atoms with van der Waals surface area (Å²) >= 11 is 0. The van der Waals surface area contributed by atoms with E-state index in [0.717, 1.165) is 21.9 Å². The molecule has 0 aromatic heterocycles. The van der Waals surface area contributed by atoms with Crippen molar-refractivity contribution in [3.8, 4) is 0 Å².